The maximum absolute atomic E-state index is 8.80. The van der Waals surface area contributed by atoms with Crippen molar-refractivity contribution in [1.82, 2.24) is 15.1 Å². The molecule has 0 aromatic carbocycles. The normalized spacial score (nSPS) is 20.7. The van der Waals surface area contributed by atoms with Gasteiger partial charge >= 0.3 is 0 Å². The zero-order valence-corrected chi connectivity index (χ0v) is 14.2. The van der Waals surface area contributed by atoms with Gasteiger partial charge in [0.25, 0.3) is 5.89 Å². The number of nitrogens with zero attached hydrogens (tertiary/aromatic N) is 4. The molecule has 3 rings (SSSR count). The van der Waals surface area contributed by atoms with Gasteiger partial charge in [0.1, 0.15) is 11.8 Å². The zero-order chi connectivity index (χ0) is 16.8. The van der Waals surface area contributed by atoms with E-state index >= 15 is 0 Å². The van der Waals surface area contributed by atoms with Gasteiger partial charge in [-0.3, -0.25) is 0 Å². The minimum atomic E-state index is 0.389. The van der Waals surface area contributed by atoms with Crippen molar-refractivity contribution in [2.75, 3.05) is 0 Å². The van der Waals surface area contributed by atoms with Crippen molar-refractivity contribution in [2.45, 2.75) is 64.2 Å². The van der Waals surface area contributed by atoms with Gasteiger partial charge in [0.05, 0.1) is 5.56 Å². The van der Waals surface area contributed by atoms with Crippen molar-refractivity contribution >= 4 is 0 Å². The summed E-state index contributed by atoms with van der Waals surface area (Å²) in [7, 11) is 0. The Kier molecular flexibility index (Phi) is 5.58. The van der Waals surface area contributed by atoms with Crippen LogP contribution in [0.3, 0.4) is 0 Å². The van der Waals surface area contributed by atoms with Gasteiger partial charge in [-0.25, -0.2) is 4.98 Å². The summed E-state index contributed by atoms with van der Waals surface area (Å²) >= 11 is 0. The SMILES string of the molecule is CCCCC[C@H]1CC[C@H](c2noc(-c3ccc(C#N)nc3)n2)CC1. The Hall–Kier alpha value is -2.22. The Morgan fingerprint density at radius 2 is 2.04 bits per heavy atom. The Morgan fingerprint density at radius 1 is 1.21 bits per heavy atom. The van der Waals surface area contributed by atoms with Gasteiger partial charge in [-0.15, -0.1) is 0 Å². The van der Waals surface area contributed by atoms with E-state index in [-0.39, 0.29) is 0 Å². The summed E-state index contributed by atoms with van der Waals surface area (Å²) in [4.78, 5) is 8.61. The maximum atomic E-state index is 8.80. The molecular weight excluding hydrogens is 300 g/mol. The first-order chi connectivity index (χ1) is 11.8. The highest BCUT2D eigenvalue weighted by Crippen LogP contribution is 2.37. The fraction of sp³-hybridized carbons (Fsp3) is 0.579. The molecule has 0 aliphatic heterocycles. The van der Waals surface area contributed by atoms with Crippen molar-refractivity contribution in [3.8, 4) is 17.5 Å². The van der Waals surface area contributed by atoms with Gasteiger partial charge in [-0.2, -0.15) is 10.2 Å². The molecule has 0 N–H and O–H groups in total. The first-order valence-corrected chi connectivity index (χ1v) is 9.00. The standard InChI is InChI=1S/C19H24N4O/c1-2-3-4-5-14-6-8-15(9-7-14)18-22-19(24-23-18)16-10-11-17(12-20)21-13-16/h10-11,13-15H,2-9H2,1H3/t14-,15-. The highest BCUT2D eigenvalue weighted by Gasteiger charge is 2.25. The lowest BCUT2D eigenvalue weighted by Crippen LogP contribution is -2.14. The largest absolute Gasteiger partial charge is 0.334 e. The van der Waals surface area contributed by atoms with Crippen LogP contribution in [0.4, 0.5) is 0 Å². The van der Waals surface area contributed by atoms with E-state index in [1.807, 2.05) is 6.07 Å². The van der Waals surface area contributed by atoms with Crippen molar-refractivity contribution in [3.63, 3.8) is 0 Å². The van der Waals surface area contributed by atoms with Gasteiger partial charge in [0.2, 0.25) is 0 Å². The van der Waals surface area contributed by atoms with Gasteiger partial charge in [-0.1, -0.05) is 37.8 Å². The predicted molar refractivity (Wildman–Crippen MR) is 91.1 cm³/mol. The quantitative estimate of drug-likeness (QED) is 0.709. The fourth-order valence-corrected chi connectivity index (χ4v) is 3.50. The molecule has 5 heteroatoms. The number of nitriles is 1. The van der Waals surface area contributed by atoms with Crippen LogP contribution in [0.15, 0.2) is 22.9 Å². The maximum Gasteiger partial charge on any atom is 0.259 e. The van der Waals surface area contributed by atoms with Crippen molar-refractivity contribution in [2.24, 2.45) is 5.92 Å². The first-order valence-electron chi connectivity index (χ1n) is 9.00. The van der Waals surface area contributed by atoms with E-state index in [1.165, 1.54) is 38.5 Å². The van der Waals surface area contributed by atoms with E-state index in [9.17, 15) is 0 Å². The first kappa shape index (κ1) is 16.6. The van der Waals surface area contributed by atoms with Crippen molar-refractivity contribution < 1.29 is 4.52 Å². The lowest BCUT2D eigenvalue weighted by atomic mass is 9.79. The summed E-state index contributed by atoms with van der Waals surface area (Å²) in [6, 6.07) is 5.47. The fourth-order valence-electron chi connectivity index (χ4n) is 3.50. The van der Waals surface area contributed by atoms with Crippen LogP contribution in [-0.2, 0) is 0 Å². The van der Waals surface area contributed by atoms with Crippen LogP contribution in [0.1, 0.15) is 75.7 Å². The molecule has 24 heavy (non-hydrogen) atoms. The number of hydrogen-bond acceptors (Lipinski definition) is 5. The van der Waals surface area contributed by atoms with Crippen LogP contribution in [0.25, 0.3) is 11.5 Å². The molecule has 0 unspecified atom stereocenters. The summed E-state index contributed by atoms with van der Waals surface area (Å²) in [6.45, 7) is 2.26. The van der Waals surface area contributed by atoms with Crippen molar-refractivity contribution in [3.05, 3.63) is 29.8 Å². The average molecular weight is 324 g/mol. The molecule has 1 saturated carbocycles. The average Bonchev–Trinajstić information content (AvgIpc) is 3.13. The van der Waals surface area contributed by atoms with Gasteiger partial charge in [0, 0.05) is 12.1 Å². The third kappa shape index (κ3) is 4.00. The molecule has 0 radical (unpaired) electrons. The van der Waals surface area contributed by atoms with E-state index in [2.05, 4.69) is 22.0 Å². The molecule has 0 atom stereocenters. The lowest BCUT2D eigenvalue weighted by molar-refractivity contribution is 0.292. The topological polar surface area (TPSA) is 75.6 Å². The van der Waals surface area contributed by atoms with Crippen LogP contribution in [0.2, 0.25) is 0 Å². The van der Waals surface area contributed by atoms with Crippen LogP contribution in [-0.4, -0.2) is 15.1 Å². The Balaban J connectivity index is 1.57. The minimum absolute atomic E-state index is 0.389. The molecular formula is C19H24N4O. The van der Waals surface area contributed by atoms with Crippen molar-refractivity contribution in [1.29, 1.82) is 5.26 Å². The minimum Gasteiger partial charge on any atom is -0.334 e. The molecule has 0 spiro atoms. The lowest BCUT2D eigenvalue weighted by Gasteiger charge is -2.26. The second-order valence-corrected chi connectivity index (χ2v) is 6.72. The molecule has 2 aromatic rings. The monoisotopic (exact) mass is 324 g/mol. The van der Waals surface area contributed by atoms with Crippen LogP contribution >= 0.6 is 0 Å². The number of rotatable bonds is 6. The summed E-state index contributed by atoms with van der Waals surface area (Å²) in [5.74, 6) is 2.60. The molecule has 1 aliphatic carbocycles. The smallest absolute Gasteiger partial charge is 0.259 e. The van der Waals surface area contributed by atoms with E-state index in [1.54, 1.807) is 18.3 Å². The molecule has 5 nitrogen and oxygen atoms in total. The number of pyridine rings is 1. The summed E-state index contributed by atoms with van der Waals surface area (Å²) in [6.07, 6.45) is 11.9. The molecule has 2 heterocycles. The molecule has 0 saturated heterocycles. The second kappa shape index (κ2) is 8.05. The molecule has 126 valence electrons. The summed E-state index contributed by atoms with van der Waals surface area (Å²) < 4.78 is 5.40. The van der Waals surface area contributed by atoms with Crippen LogP contribution in [0.5, 0.6) is 0 Å². The van der Waals surface area contributed by atoms with Gasteiger partial charge < -0.3 is 4.52 Å². The van der Waals surface area contributed by atoms with Gasteiger partial charge in [0.15, 0.2) is 5.82 Å². The molecule has 1 aliphatic rings. The van der Waals surface area contributed by atoms with E-state index in [0.29, 0.717) is 17.5 Å². The number of unbranched alkanes of at least 4 members (excludes halogenated alkanes) is 2. The Bertz CT molecular complexity index is 678. The summed E-state index contributed by atoms with van der Waals surface area (Å²) in [5, 5.41) is 13.0. The zero-order valence-electron chi connectivity index (χ0n) is 14.2. The number of aromatic nitrogens is 3. The Morgan fingerprint density at radius 3 is 2.71 bits per heavy atom. The molecule has 2 aromatic heterocycles. The summed E-state index contributed by atoms with van der Waals surface area (Å²) in [5.41, 5.74) is 1.15. The Labute approximate surface area is 143 Å². The third-order valence-corrected chi connectivity index (χ3v) is 4.99. The van der Waals surface area contributed by atoms with Crippen LogP contribution < -0.4 is 0 Å². The highest BCUT2D eigenvalue weighted by atomic mass is 16.5. The van der Waals surface area contributed by atoms with E-state index in [4.69, 9.17) is 9.78 Å². The molecule has 0 bridgehead atoms. The predicted octanol–water partition coefficient (Wildman–Crippen LogP) is 4.86. The third-order valence-electron chi connectivity index (χ3n) is 4.99. The van der Waals surface area contributed by atoms with E-state index in [0.717, 1.165) is 30.1 Å². The molecule has 1 fully saturated rings. The second-order valence-electron chi connectivity index (χ2n) is 6.72. The molecule has 0 amide bonds. The number of hydrogen-bond donors (Lipinski definition) is 0. The van der Waals surface area contributed by atoms with Gasteiger partial charge in [-0.05, 0) is 43.7 Å². The van der Waals surface area contributed by atoms with Crippen LogP contribution in [0, 0.1) is 17.2 Å². The van der Waals surface area contributed by atoms with E-state index < -0.39 is 0 Å². The highest BCUT2D eigenvalue weighted by molar-refractivity contribution is 5.51.